The van der Waals surface area contributed by atoms with Crippen molar-refractivity contribution >= 4 is 0 Å². The van der Waals surface area contributed by atoms with Crippen LogP contribution in [0.5, 0.6) is 0 Å². The Bertz CT molecular complexity index is 215. The van der Waals surface area contributed by atoms with Crippen LogP contribution in [0.1, 0.15) is 25.5 Å². The molecule has 1 atom stereocenters. The second kappa shape index (κ2) is 6.62. The molecule has 1 heterocycles. The molecular weight excluding hydrogens is 176 g/mol. The minimum absolute atomic E-state index is 0.466. The number of rotatable bonds is 7. The molecule has 1 aromatic heterocycles. The van der Waals surface area contributed by atoms with Gasteiger partial charge in [0.05, 0.1) is 6.61 Å². The molecule has 0 saturated carbocycles. The van der Waals surface area contributed by atoms with E-state index < -0.39 is 0 Å². The zero-order valence-electron chi connectivity index (χ0n) is 9.05. The van der Waals surface area contributed by atoms with E-state index in [9.17, 15) is 0 Å². The first-order valence-electron chi connectivity index (χ1n) is 5.21. The van der Waals surface area contributed by atoms with E-state index in [2.05, 4.69) is 23.3 Å². The molecule has 0 spiro atoms. The van der Waals surface area contributed by atoms with Crippen molar-refractivity contribution in [2.24, 2.45) is 0 Å². The average Bonchev–Trinajstić information content (AvgIpc) is 2.67. The molecular formula is C11H20N2O. The summed E-state index contributed by atoms with van der Waals surface area (Å²) in [6.07, 6.45) is 4.29. The number of methoxy groups -OCH3 is 1. The van der Waals surface area contributed by atoms with Gasteiger partial charge in [0.2, 0.25) is 0 Å². The van der Waals surface area contributed by atoms with Crippen LogP contribution in [-0.4, -0.2) is 24.7 Å². The molecule has 2 N–H and O–H groups in total. The summed E-state index contributed by atoms with van der Waals surface area (Å²) < 4.78 is 5.15. The van der Waals surface area contributed by atoms with E-state index in [1.165, 1.54) is 12.1 Å². The Morgan fingerprint density at radius 1 is 1.57 bits per heavy atom. The quantitative estimate of drug-likeness (QED) is 0.699. The molecule has 1 rings (SSSR count). The largest absolute Gasteiger partial charge is 0.383 e. The Morgan fingerprint density at radius 3 is 3.00 bits per heavy atom. The van der Waals surface area contributed by atoms with Gasteiger partial charge in [0.15, 0.2) is 0 Å². The van der Waals surface area contributed by atoms with Crippen molar-refractivity contribution in [3.8, 4) is 0 Å². The highest BCUT2D eigenvalue weighted by Crippen LogP contribution is 2.00. The third kappa shape index (κ3) is 3.94. The topological polar surface area (TPSA) is 37.0 Å². The molecule has 0 aliphatic carbocycles. The molecule has 0 amide bonds. The van der Waals surface area contributed by atoms with Crippen LogP contribution < -0.4 is 5.32 Å². The van der Waals surface area contributed by atoms with Crippen LogP contribution in [0.4, 0.5) is 0 Å². The van der Waals surface area contributed by atoms with Crippen LogP contribution in [0, 0.1) is 0 Å². The molecule has 0 aliphatic rings. The van der Waals surface area contributed by atoms with E-state index in [-0.39, 0.29) is 0 Å². The monoisotopic (exact) mass is 196 g/mol. The lowest BCUT2D eigenvalue weighted by Gasteiger charge is -2.16. The van der Waals surface area contributed by atoms with Crippen LogP contribution >= 0.6 is 0 Å². The summed E-state index contributed by atoms with van der Waals surface area (Å²) in [6.45, 7) is 3.87. The Kier molecular flexibility index (Phi) is 5.33. The molecule has 14 heavy (non-hydrogen) atoms. The van der Waals surface area contributed by atoms with E-state index in [1.54, 1.807) is 7.11 Å². The predicted octanol–water partition coefficient (Wildman–Crippen LogP) is 1.92. The van der Waals surface area contributed by atoms with Gasteiger partial charge in [-0.05, 0) is 18.6 Å². The smallest absolute Gasteiger partial charge is 0.0615 e. The highest BCUT2D eigenvalue weighted by molar-refractivity contribution is 5.03. The van der Waals surface area contributed by atoms with Crippen molar-refractivity contribution in [2.45, 2.75) is 32.4 Å². The Labute approximate surface area is 85.9 Å². The normalized spacial score (nSPS) is 13.0. The maximum absolute atomic E-state index is 5.15. The van der Waals surface area contributed by atoms with E-state index in [0.29, 0.717) is 6.04 Å². The number of aromatic amines is 1. The van der Waals surface area contributed by atoms with Crippen molar-refractivity contribution in [3.05, 3.63) is 24.0 Å². The van der Waals surface area contributed by atoms with E-state index in [0.717, 1.165) is 19.6 Å². The number of nitrogens with one attached hydrogen (secondary N) is 2. The van der Waals surface area contributed by atoms with Gasteiger partial charge in [0, 0.05) is 31.6 Å². The van der Waals surface area contributed by atoms with Crippen molar-refractivity contribution in [1.82, 2.24) is 10.3 Å². The SMILES string of the molecule is CCCC(COC)NCc1ccc[nH]1. The number of hydrogen-bond donors (Lipinski definition) is 2. The summed E-state index contributed by atoms with van der Waals surface area (Å²) in [5, 5.41) is 3.47. The second-order valence-corrected chi connectivity index (χ2v) is 3.52. The predicted molar refractivity (Wildman–Crippen MR) is 58.2 cm³/mol. The second-order valence-electron chi connectivity index (χ2n) is 3.52. The molecule has 80 valence electrons. The van der Waals surface area contributed by atoms with Crippen LogP contribution in [0.3, 0.4) is 0 Å². The molecule has 0 aromatic carbocycles. The van der Waals surface area contributed by atoms with Crippen molar-refractivity contribution in [2.75, 3.05) is 13.7 Å². The molecule has 1 unspecified atom stereocenters. The Balaban J connectivity index is 2.25. The van der Waals surface area contributed by atoms with Crippen LogP contribution in [0.25, 0.3) is 0 Å². The first-order valence-corrected chi connectivity index (χ1v) is 5.21. The fraction of sp³-hybridized carbons (Fsp3) is 0.636. The maximum atomic E-state index is 5.15. The van der Waals surface area contributed by atoms with Gasteiger partial charge < -0.3 is 15.0 Å². The van der Waals surface area contributed by atoms with Crippen molar-refractivity contribution in [1.29, 1.82) is 0 Å². The van der Waals surface area contributed by atoms with Gasteiger partial charge in [0.1, 0.15) is 0 Å². The number of H-pyrrole nitrogens is 1. The third-order valence-electron chi connectivity index (χ3n) is 2.25. The number of hydrogen-bond acceptors (Lipinski definition) is 2. The molecule has 3 nitrogen and oxygen atoms in total. The van der Waals surface area contributed by atoms with Crippen molar-refractivity contribution in [3.63, 3.8) is 0 Å². The van der Waals surface area contributed by atoms with Crippen LogP contribution in [0.2, 0.25) is 0 Å². The standard InChI is InChI=1S/C11H20N2O/c1-3-5-11(9-14-2)13-8-10-6-4-7-12-10/h4,6-7,11-13H,3,5,8-9H2,1-2H3. The maximum Gasteiger partial charge on any atom is 0.0615 e. The lowest BCUT2D eigenvalue weighted by molar-refractivity contribution is 0.161. The molecule has 0 aliphatic heterocycles. The van der Waals surface area contributed by atoms with Crippen molar-refractivity contribution < 1.29 is 4.74 Å². The zero-order valence-corrected chi connectivity index (χ0v) is 9.05. The highest BCUT2D eigenvalue weighted by Gasteiger charge is 2.06. The minimum Gasteiger partial charge on any atom is -0.383 e. The Morgan fingerprint density at radius 2 is 2.43 bits per heavy atom. The van der Waals surface area contributed by atoms with Gasteiger partial charge in [-0.15, -0.1) is 0 Å². The summed E-state index contributed by atoms with van der Waals surface area (Å²) in [4.78, 5) is 3.17. The van der Waals surface area contributed by atoms with Gasteiger partial charge in [-0.3, -0.25) is 0 Å². The fourth-order valence-electron chi connectivity index (χ4n) is 1.53. The summed E-state index contributed by atoms with van der Waals surface area (Å²) in [5.74, 6) is 0. The van der Waals surface area contributed by atoms with Gasteiger partial charge in [-0.2, -0.15) is 0 Å². The molecule has 0 radical (unpaired) electrons. The van der Waals surface area contributed by atoms with E-state index in [1.807, 2.05) is 12.3 Å². The van der Waals surface area contributed by atoms with Gasteiger partial charge in [0.25, 0.3) is 0 Å². The molecule has 1 aromatic rings. The van der Waals surface area contributed by atoms with Crippen LogP contribution in [0.15, 0.2) is 18.3 Å². The molecule has 0 saturated heterocycles. The zero-order chi connectivity index (χ0) is 10.2. The lowest BCUT2D eigenvalue weighted by atomic mass is 10.2. The summed E-state index contributed by atoms with van der Waals surface area (Å²) in [6, 6.07) is 4.57. The van der Waals surface area contributed by atoms with E-state index >= 15 is 0 Å². The summed E-state index contributed by atoms with van der Waals surface area (Å²) in [5.41, 5.74) is 1.22. The van der Waals surface area contributed by atoms with E-state index in [4.69, 9.17) is 4.74 Å². The fourth-order valence-corrected chi connectivity index (χ4v) is 1.53. The lowest BCUT2D eigenvalue weighted by Crippen LogP contribution is -2.32. The highest BCUT2D eigenvalue weighted by atomic mass is 16.5. The molecule has 0 fully saturated rings. The molecule has 3 heteroatoms. The number of aromatic nitrogens is 1. The Hall–Kier alpha value is -0.800. The van der Waals surface area contributed by atoms with Crippen LogP contribution in [-0.2, 0) is 11.3 Å². The van der Waals surface area contributed by atoms with Gasteiger partial charge in [-0.1, -0.05) is 13.3 Å². The minimum atomic E-state index is 0.466. The third-order valence-corrected chi connectivity index (χ3v) is 2.25. The van der Waals surface area contributed by atoms with Gasteiger partial charge in [-0.25, -0.2) is 0 Å². The first kappa shape index (κ1) is 11.3. The first-order chi connectivity index (χ1) is 6.86. The molecule has 0 bridgehead atoms. The summed E-state index contributed by atoms with van der Waals surface area (Å²) in [7, 11) is 1.75. The summed E-state index contributed by atoms with van der Waals surface area (Å²) >= 11 is 0. The van der Waals surface area contributed by atoms with Gasteiger partial charge >= 0.3 is 0 Å². The average molecular weight is 196 g/mol. The number of ether oxygens (including phenoxy) is 1.